The molecule has 1 heterocycles. The Morgan fingerprint density at radius 1 is 1.26 bits per heavy atom. The van der Waals surface area contributed by atoms with E-state index in [4.69, 9.17) is 0 Å². The van der Waals surface area contributed by atoms with Gasteiger partial charge in [0.15, 0.2) is 0 Å². The number of aromatic nitrogens is 2. The van der Waals surface area contributed by atoms with Crippen molar-refractivity contribution in [2.45, 2.75) is 12.8 Å². The van der Waals surface area contributed by atoms with Crippen molar-refractivity contribution in [3.05, 3.63) is 59.9 Å². The largest absolute Gasteiger partial charge is 0.351 e. The van der Waals surface area contributed by atoms with E-state index in [2.05, 4.69) is 15.3 Å². The molecule has 4 nitrogen and oxygen atoms in total. The van der Waals surface area contributed by atoms with Crippen molar-refractivity contribution >= 4 is 5.91 Å². The maximum Gasteiger partial charge on any atom is 0.271 e. The van der Waals surface area contributed by atoms with Crippen LogP contribution in [-0.2, 0) is 6.42 Å². The maximum atomic E-state index is 13.3. The number of carbonyl (C=O) groups is 1. The fourth-order valence-electron chi connectivity index (χ4n) is 1.69. The zero-order chi connectivity index (χ0) is 13.5. The van der Waals surface area contributed by atoms with Crippen LogP contribution in [-0.4, -0.2) is 22.4 Å². The first-order chi connectivity index (χ1) is 9.27. The number of amides is 1. The molecule has 5 heteroatoms. The molecule has 0 bridgehead atoms. The van der Waals surface area contributed by atoms with Crippen LogP contribution in [0, 0.1) is 5.82 Å². The lowest BCUT2D eigenvalue weighted by Gasteiger charge is -2.05. The monoisotopic (exact) mass is 259 g/mol. The molecule has 98 valence electrons. The minimum Gasteiger partial charge on any atom is -0.351 e. The Hall–Kier alpha value is -2.30. The molecule has 0 saturated heterocycles. The summed E-state index contributed by atoms with van der Waals surface area (Å²) in [6.07, 6.45) is 5.65. The summed E-state index contributed by atoms with van der Waals surface area (Å²) in [5.41, 5.74) is 0.949. The van der Waals surface area contributed by atoms with Gasteiger partial charge in [0.1, 0.15) is 11.5 Å². The van der Waals surface area contributed by atoms with Crippen LogP contribution in [0.3, 0.4) is 0 Å². The van der Waals surface area contributed by atoms with E-state index >= 15 is 0 Å². The highest BCUT2D eigenvalue weighted by Gasteiger charge is 2.06. The van der Waals surface area contributed by atoms with Crippen LogP contribution >= 0.6 is 0 Å². The Morgan fingerprint density at radius 2 is 2.11 bits per heavy atom. The molecule has 0 saturated carbocycles. The summed E-state index contributed by atoms with van der Waals surface area (Å²) < 4.78 is 13.3. The highest BCUT2D eigenvalue weighted by atomic mass is 19.1. The Bertz CT molecular complexity index is 545. The molecule has 0 spiro atoms. The van der Waals surface area contributed by atoms with Crippen LogP contribution < -0.4 is 5.32 Å². The molecular formula is C14H14FN3O. The minimum absolute atomic E-state index is 0.206. The molecule has 0 unspecified atom stereocenters. The average Bonchev–Trinajstić information content (AvgIpc) is 2.46. The number of halogens is 1. The lowest BCUT2D eigenvalue weighted by Crippen LogP contribution is -2.25. The van der Waals surface area contributed by atoms with Crippen LogP contribution in [0.25, 0.3) is 0 Å². The minimum atomic E-state index is -0.262. The molecule has 2 aromatic rings. The van der Waals surface area contributed by atoms with Gasteiger partial charge in [-0.25, -0.2) is 9.37 Å². The second kappa shape index (κ2) is 6.58. The summed E-state index contributed by atoms with van der Waals surface area (Å²) in [5, 5.41) is 2.72. The van der Waals surface area contributed by atoms with Gasteiger partial charge >= 0.3 is 0 Å². The molecule has 2 rings (SSSR count). The molecule has 1 aromatic carbocycles. The summed E-state index contributed by atoms with van der Waals surface area (Å²) >= 11 is 0. The number of hydrogen-bond donors (Lipinski definition) is 1. The zero-order valence-corrected chi connectivity index (χ0v) is 10.3. The third-order valence-corrected chi connectivity index (χ3v) is 2.66. The molecular weight excluding hydrogens is 245 g/mol. The fourth-order valence-corrected chi connectivity index (χ4v) is 1.69. The van der Waals surface area contributed by atoms with E-state index in [0.29, 0.717) is 24.9 Å². The van der Waals surface area contributed by atoms with Gasteiger partial charge in [0, 0.05) is 18.9 Å². The third-order valence-electron chi connectivity index (χ3n) is 2.66. The second-order valence-electron chi connectivity index (χ2n) is 4.04. The van der Waals surface area contributed by atoms with Gasteiger partial charge in [-0.3, -0.25) is 9.78 Å². The molecule has 1 amide bonds. The van der Waals surface area contributed by atoms with Crippen LogP contribution in [0.15, 0.2) is 42.9 Å². The quantitative estimate of drug-likeness (QED) is 0.835. The van der Waals surface area contributed by atoms with Crippen molar-refractivity contribution in [3.8, 4) is 0 Å². The first-order valence-corrected chi connectivity index (χ1v) is 6.05. The van der Waals surface area contributed by atoms with Crippen LogP contribution in [0.5, 0.6) is 0 Å². The number of nitrogens with zero attached hydrogens (tertiary/aromatic N) is 2. The van der Waals surface area contributed by atoms with Crippen LogP contribution in [0.4, 0.5) is 4.39 Å². The Balaban J connectivity index is 1.76. The number of nitrogens with one attached hydrogen (secondary N) is 1. The van der Waals surface area contributed by atoms with Crippen molar-refractivity contribution in [2.75, 3.05) is 6.54 Å². The van der Waals surface area contributed by atoms with E-state index in [0.717, 1.165) is 0 Å². The third kappa shape index (κ3) is 3.84. The molecule has 0 aliphatic carbocycles. The van der Waals surface area contributed by atoms with Crippen molar-refractivity contribution in [1.29, 1.82) is 0 Å². The highest BCUT2D eigenvalue weighted by molar-refractivity contribution is 5.91. The summed E-state index contributed by atoms with van der Waals surface area (Å²) in [4.78, 5) is 19.4. The van der Waals surface area contributed by atoms with Gasteiger partial charge < -0.3 is 5.32 Å². The van der Waals surface area contributed by atoms with E-state index < -0.39 is 0 Å². The van der Waals surface area contributed by atoms with Gasteiger partial charge in [0.25, 0.3) is 5.91 Å². The van der Waals surface area contributed by atoms with E-state index in [1.807, 2.05) is 0 Å². The number of hydrogen-bond acceptors (Lipinski definition) is 3. The number of aryl methyl sites for hydroxylation is 1. The average molecular weight is 259 g/mol. The van der Waals surface area contributed by atoms with Crippen molar-refractivity contribution in [1.82, 2.24) is 15.3 Å². The Kier molecular flexibility index (Phi) is 4.55. The SMILES string of the molecule is O=C(NCCCc1ccccc1F)c1cnccn1. The number of carbonyl (C=O) groups excluding carboxylic acids is 1. The highest BCUT2D eigenvalue weighted by Crippen LogP contribution is 2.08. The summed E-state index contributed by atoms with van der Waals surface area (Å²) in [6, 6.07) is 6.65. The first kappa shape index (κ1) is 13.1. The standard InChI is InChI=1S/C14H14FN3O/c15-12-6-2-1-4-11(12)5-3-7-18-14(19)13-10-16-8-9-17-13/h1-2,4,6,8-10H,3,5,7H2,(H,18,19). The van der Waals surface area contributed by atoms with Crippen molar-refractivity contribution in [2.24, 2.45) is 0 Å². The lowest BCUT2D eigenvalue weighted by atomic mass is 10.1. The van der Waals surface area contributed by atoms with Gasteiger partial charge in [0.05, 0.1) is 6.20 Å². The number of benzene rings is 1. The van der Waals surface area contributed by atoms with Crippen LogP contribution in [0.2, 0.25) is 0 Å². The molecule has 0 aliphatic rings. The van der Waals surface area contributed by atoms with E-state index in [-0.39, 0.29) is 17.4 Å². The van der Waals surface area contributed by atoms with Gasteiger partial charge in [0.2, 0.25) is 0 Å². The van der Waals surface area contributed by atoms with Gasteiger partial charge in [-0.1, -0.05) is 18.2 Å². The summed E-state index contributed by atoms with van der Waals surface area (Å²) in [6.45, 7) is 0.476. The van der Waals surface area contributed by atoms with Crippen LogP contribution in [0.1, 0.15) is 22.5 Å². The zero-order valence-electron chi connectivity index (χ0n) is 10.3. The molecule has 1 aromatic heterocycles. The van der Waals surface area contributed by atoms with Gasteiger partial charge in [-0.05, 0) is 24.5 Å². The first-order valence-electron chi connectivity index (χ1n) is 6.05. The van der Waals surface area contributed by atoms with Crippen molar-refractivity contribution in [3.63, 3.8) is 0 Å². The van der Waals surface area contributed by atoms with Gasteiger partial charge in [-0.2, -0.15) is 0 Å². The maximum absolute atomic E-state index is 13.3. The van der Waals surface area contributed by atoms with E-state index in [1.165, 1.54) is 24.7 Å². The predicted octanol–water partition coefficient (Wildman–Crippen LogP) is 1.98. The number of rotatable bonds is 5. The molecule has 0 atom stereocenters. The van der Waals surface area contributed by atoms with E-state index in [9.17, 15) is 9.18 Å². The normalized spacial score (nSPS) is 10.2. The van der Waals surface area contributed by atoms with E-state index in [1.54, 1.807) is 18.2 Å². The Labute approximate surface area is 110 Å². The van der Waals surface area contributed by atoms with Crippen molar-refractivity contribution < 1.29 is 9.18 Å². The topological polar surface area (TPSA) is 54.9 Å². The predicted molar refractivity (Wildman–Crippen MR) is 69.1 cm³/mol. The smallest absolute Gasteiger partial charge is 0.271 e. The Morgan fingerprint density at radius 3 is 2.84 bits per heavy atom. The molecule has 0 fully saturated rings. The molecule has 0 aliphatic heterocycles. The lowest BCUT2D eigenvalue weighted by molar-refractivity contribution is 0.0948. The van der Waals surface area contributed by atoms with Gasteiger partial charge in [-0.15, -0.1) is 0 Å². The summed E-state index contributed by atoms with van der Waals surface area (Å²) in [5.74, 6) is -0.468. The molecule has 19 heavy (non-hydrogen) atoms. The molecule has 1 N–H and O–H groups in total. The summed E-state index contributed by atoms with van der Waals surface area (Å²) in [7, 11) is 0. The fraction of sp³-hybridized carbons (Fsp3) is 0.214. The molecule has 0 radical (unpaired) electrons. The second-order valence-corrected chi connectivity index (χ2v) is 4.04.